The summed E-state index contributed by atoms with van der Waals surface area (Å²) in [7, 11) is 0. The zero-order valence-electron chi connectivity index (χ0n) is 29.6. The zero-order valence-corrected chi connectivity index (χ0v) is 30.4. The van der Waals surface area contributed by atoms with E-state index in [1.807, 2.05) is 97.0 Å². The van der Waals surface area contributed by atoms with Crippen LogP contribution in [0.3, 0.4) is 0 Å². The minimum absolute atomic E-state index is 0.125. The maximum absolute atomic E-state index is 14.6. The number of ether oxygens (including phenoxy) is 2. The van der Waals surface area contributed by atoms with Crippen LogP contribution in [-0.4, -0.2) is 88.5 Å². The van der Waals surface area contributed by atoms with Gasteiger partial charge in [0.15, 0.2) is 6.61 Å². The fourth-order valence-electron chi connectivity index (χ4n) is 5.55. The quantitative estimate of drug-likeness (QED) is 0.205. The predicted molar refractivity (Wildman–Crippen MR) is 190 cm³/mol. The molecule has 2 aromatic rings. The summed E-state index contributed by atoms with van der Waals surface area (Å²) in [5.41, 5.74) is 7.39. The third kappa shape index (κ3) is 11.8. The van der Waals surface area contributed by atoms with Crippen LogP contribution in [0, 0.1) is 13.8 Å². The highest BCUT2D eigenvalue weighted by Gasteiger charge is 2.51. The molecule has 0 spiro atoms. The monoisotopic (exact) mass is 697 g/mol. The van der Waals surface area contributed by atoms with Crippen LogP contribution in [0.25, 0.3) is 0 Å². The van der Waals surface area contributed by atoms with E-state index in [9.17, 15) is 24.0 Å². The van der Waals surface area contributed by atoms with Crippen molar-refractivity contribution in [3.63, 3.8) is 0 Å². The Morgan fingerprint density at radius 2 is 1.63 bits per heavy atom. The molecule has 12 nitrogen and oxygen atoms in total. The topological polar surface area (TPSA) is 169 Å². The first-order valence-electron chi connectivity index (χ1n) is 16.5. The summed E-state index contributed by atoms with van der Waals surface area (Å²) in [5.74, 6) is -1.97. The lowest BCUT2D eigenvalue weighted by Gasteiger charge is -2.36. The van der Waals surface area contributed by atoms with Crippen molar-refractivity contribution >= 4 is 41.4 Å². The van der Waals surface area contributed by atoms with E-state index in [4.69, 9.17) is 15.2 Å². The fourth-order valence-corrected chi connectivity index (χ4v) is 6.69. The summed E-state index contributed by atoms with van der Waals surface area (Å²) >= 11 is 1.43. The lowest BCUT2D eigenvalue weighted by molar-refractivity contribution is -0.164. The Balaban J connectivity index is 1.97. The third-order valence-electron chi connectivity index (χ3n) is 7.87. The Bertz CT molecular complexity index is 1460. The molecule has 1 fully saturated rings. The summed E-state index contributed by atoms with van der Waals surface area (Å²) in [6.45, 7) is 13.2. The molecular weight excluding hydrogens is 646 g/mol. The van der Waals surface area contributed by atoms with Gasteiger partial charge in [-0.05, 0) is 71.6 Å². The predicted octanol–water partition coefficient (Wildman–Crippen LogP) is 2.77. The molecule has 3 rings (SSSR count). The molecule has 0 aliphatic carbocycles. The average Bonchev–Trinajstić information content (AvgIpc) is 3.35. The van der Waals surface area contributed by atoms with Crippen molar-refractivity contribution < 1.29 is 33.4 Å². The number of carbonyl (C=O) groups is 5. The lowest BCUT2D eigenvalue weighted by atomic mass is 9.96. The van der Waals surface area contributed by atoms with Crippen LogP contribution in [0.2, 0.25) is 0 Å². The maximum Gasteiger partial charge on any atom is 0.307 e. The Labute approximate surface area is 293 Å². The molecule has 49 heavy (non-hydrogen) atoms. The molecule has 0 radical (unpaired) electrons. The van der Waals surface area contributed by atoms with E-state index in [2.05, 4.69) is 16.0 Å². The van der Waals surface area contributed by atoms with Crippen LogP contribution in [0.5, 0.6) is 5.75 Å². The second kappa shape index (κ2) is 17.5. The van der Waals surface area contributed by atoms with Crippen molar-refractivity contribution in [3.05, 3.63) is 65.2 Å². The van der Waals surface area contributed by atoms with E-state index in [0.717, 1.165) is 16.7 Å². The summed E-state index contributed by atoms with van der Waals surface area (Å²) in [4.78, 5) is 68.7. The molecular formula is C36H51N5O7S. The van der Waals surface area contributed by atoms with Crippen molar-refractivity contribution in [2.45, 2.75) is 96.2 Å². The van der Waals surface area contributed by atoms with Crippen LogP contribution in [0.15, 0.2) is 48.5 Å². The number of para-hydroxylation sites is 1. The summed E-state index contributed by atoms with van der Waals surface area (Å²) in [6.07, 6.45) is -1.89. The van der Waals surface area contributed by atoms with Gasteiger partial charge in [0.05, 0.1) is 18.3 Å². The van der Waals surface area contributed by atoms with Crippen LogP contribution >= 0.6 is 11.8 Å². The molecule has 0 aromatic heterocycles. The molecule has 1 saturated heterocycles. The molecule has 1 aliphatic rings. The van der Waals surface area contributed by atoms with Crippen molar-refractivity contribution in [2.24, 2.45) is 5.73 Å². The molecule has 5 N–H and O–H groups in total. The first-order chi connectivity index (χ1) is 23.0. The van der Waals surface area contributed by atoms with Gasteiger partial charge < -0.3 is 36.1 Å². The number of hydrogen-bond donors (Lipinski definition) is 4. The second-order valence-corrected chi connectivity index (χ2v) is 15.3. The van der Waals surface area contributed by atoms with E-state index in [-0.39, 0.29) is 56.7 Å². The first kappa shape index (κ1) is 39.3. The van der Waals surface area contributed by atoms with Gasteiger partial charge in [-0.1, -0.05) is 48.5 Å². The molecule has 13 heteroatoms. The van der Waals surface area contributed by atoms with Crippen molar-refractivity contribution in [3.8, 4) is 5.75 Å². The highest BCUT2D eigenvalue weighted by Crippen LogP contribution is 2.40. The van der Waals surface area contributed by atoms with Crippen molar-refractivity contribution in [2.75, 3.05) is 25.6 Å². The Hall–Kier alpha value is -4.10. The van der Waals surface area contributed by atoms with Gasteiger partial charge in [-0.2, -0.15) is 0 Å². The van der Waals surface area contributed by atoms with Gasteiger partial charge in [-0.25, -0.2) is 0 Å². The largest absolute Gasteiger partial charge is 0.483 e. The second-order valence-electron chi connectivity index (χ2n) is 13.7. The number of benzene rings is 2. The molecule has 3 atom stereocenters. The zero-order chi connectivity index (χ0) is 36.4. The van der Waals surface area contributed by atoms with Gasteiger partial charge in [0, 0.05) is 29.8 Å². The minimum atomic E-state index is -1.52. The molecule has 1 heterocycles. The number of carbonyl (C=O) groups excluding carboxylic acids is 5. The SMILES string of the molecule is Cc1cccc(C)c1OCC(=O)N[C@@H](Cc1ccccc1)[C@H](OC(=O)CCC(=O)NCCN)C(=O)N1CSC(C)(C)[C@H]1C(=O)NC(C)(C)C. The highest BCUT2D eigenvalue weighted by atomic mass is 32.2. The first-order valence-corrected chi connectivity index (χ1v) is 17.5. The molecule has 0 saturated carbocycles. The van der Waals surface area contributed by atoms with Gasteiger partial charge in [0.1, 0.15) is 11.8 Å². The number of esters is 1. The standard InChI is InChI=1S/C36H51N5O7S/c1-23-12-11-13-24(2)30(23)47-21-28(43)39-26(20-25-14-9-8-10-15-25)31(48-29(44)17-16-27(42)38-19-18-37)34(46)41-22-49-36(6,7)32(41)33(45)40-35(3,4)5/h8-15,26,31-32H,16-22,37H2,1-7H3,(H,38,42)(H,39,43)(H,40,45)/t26-,31-,32+/m0/s1. The van der Waals surface area contributed by atoms with E-state index < -0.39 is 46.3 Å². The van der Waals surface area contributed by atoms with Crippen LogP contribution in [0.1, 0.15) is 64.2 Å². The van der Waals surface area contributed by atoms with Crippen LogP contribution in [-0.2, 0) is 35.1 Å². The number of hydrogen-bond acceptors (Lipinski definition) is 9. The Kier molecular flexibility index (Phi) is 14.1. The molecule has 1 aliphatic heterocycles. The Morgan fingerprint density at radius 1 is 0.980 bits per heavy atom. The highest BCUT2D eigenvalue weighted by molar-refractivity contribution is 8.00. The van der Waals surface area contributed by atoms with E-state index in [1.165, 1.54) is 16.7 Å². The number of nitrogens with zero attached hydrogens (tertiary/aromatic N) is 1. The average molecular weight is 698 g/mol. The molecule has 2 aromatic carbocycles. The minimum Gasteiger partial charge on any atom is -0.483 e. The number of nitrogens with two attached hydrogens (primary N) is 1. The van der Waals surface area contributed by atoms with Gasteiger partial charge >= 0.3 is 5.97 Å². The van der Waals surface area contributed by atoms with Gasteiger partial charge in [-0.15, -0.1) is 11.8 Å². The summed E-state index contributed by atoms with van der Waals surface area (Å²) < 4.78 is 11.1. The van der Waals surface area contributed by atoms with E-state index >= 15 is 0 Å². The van der Waals surface area contributed by atoms with Gasteiger partial charge in [-0.3, -0.25) is 24.0 Å². The van der Waals surface area contributed by atoms with Crippen LogP contribution < -0.4 is 26.4 Å². The molecule has 0 unspecified atom stereocenters. The van der Waals surface area contributed by atoms with Gasteiger partial charge in [0.25, 0.3) is 11.8 Å². The van der Waals surface area contributed by atoms with E-state index in [0.29, 0.717) is 5.75 Å². The number of thioether (sulfide) groups is 1. The lowest BCUT2D eigenvalue weighted by Crippen LogP contribution is -2.61. The van der Waals surface area contributed by atoms with Gasteiger partial charge in [0.2, 0.25) is 17.9 Å². The molecule has 0 bridgehead atoms. The van der Waals surface area contributed by atoms with E-state index in [1.54, 1.807) is 0 Å². The number of amides is 4. The fraction of sp³-hybridized carbons (Fsp3) is 0.528. The summed E-state index contributed by atoms with van der Waals surface area (Å²) in [5, 5.41) is 8.48. The third-order valence-corrected chi connectivity index (χ3v) is 9.24. The normalized spacial score (nSPS) is 16.7. The number of rotatable bonds is 15. The molecule has 268 valence electrons. The molecule has 4 amide bonds. The number of aryl methyl sites for hydroxylation is 2. The van der Waals surface area contributed by atoms with Crippen molar-refractivity contribution in [1.82, 2.24) is 20.9 Å². The Morgan fingerprint density at radius 3 is 2.24 bits per heavy atom. The van der Waals surface area contributed by atoms with Crippen molar-refractivity contribution in [1.29, 1.82) is 0 Å². The smallest absolute Gasteiger partial charge is 0.307 e. The van der Waals surface area contributed by atoms with Crippen LogP contribution in [0.4, 0.5) is 0 Å². The maximum atomic E-state index is 14.6. The summed E-state index contributed by atoms with van der Waals surface area (Å²) in [6, 6.07) is 12.9. The number of nitrogens with one attached hydrogen (secondary N) is 3.